The molecule has 3 aromatic carbocycles. The number of imide groups is 2. The molecule has 3 aliphatic rings. The molecule has 1 saturated heterocycles. The van der Waals surface area contributed by atoms with Crippen molar-refractivity contribution < 1.29 is 23.9 Å². The van der Waals surface area contributed by atoms with Gasteiger partial charge in [0.05, 0.1) is 16.9 Å². The van der Waals surface area contributed by atoms with Gasteiger partial charge in [0.25, 0.3) is 11.8 Å². The average molecular weight is 464 g/mol. The van der Waals surface area contributed by atoms with Crippen molar-refractivity contribution in [2.75, 3.05) is 19.0 Å². The summed E-state index contributed by atoms with van der Waals surface area (Å²) in [6, 6.07) is 19.5. The number of anilines is 3. The minimum atomic E-state index is -0.847. The smallest absolute Gasteiger partial charge is 0.333 e. The number of hydrogen-bond donors (Lipinski definition) is 0. The van der Waals surface area contributed by atoms with Crippen LogP contribution in [0.1, 0.15) is 5.56 Å². The molecule has 0 aromatic heterocycles. The van der Waals surface area contributed by atoms with E-state index in [1.807, 2.05) is 59.5 Å². The number of hydrogen-bond acceptors (Lipinski definition) is 7. The molecule has 0 saturated carbocycles. The van der Waals surface area contributed by atoms with Crippen LogP contribution in [0.2, 0.25) is 0 Å². The van der Waals surface area contributed by atoms with Crippen LogP contribution < -0.4 is 14.4 Å². The molecule has 0 aliphatic carbocycles. The minimum absolute atomic E-state index is 0.179. The number of ether oxygens (including phenoxy) is 2. The molecule has 0 spiro atoms. The maximum atomic E-state index is 12.9. The van der Waals surface area contributed by atoms with Gasteiger partial charge in [0.15, 0.2) is 23.0 Å². The second kappa shape index (κ2) is 7.20. The summed E-state index contributed by atoms with van der Waals surface area (Å²) in [5, 5.41) is 10.0. The third-order valence-corrected chi connectivity index (χ3v) is 6.18. The summed E-state index contributed by atoms with van der Waals surface area (Å²) < 4.78 is 12.4. The van der Waals surface area contributed by atoms with E-state index >= 15 is 0 Å². The van der Waals surface area contributed by atoms with Crippen molar-refractivity contribution in [3.8, 4) is 29.1 Å². The van der Waals surface area contributed by atoms with Crippen molar-refractivity contribution in [3.05, 3.63) is 71.8 Å². The topological polar surface area (TPSA) is 103 Å². The van der Waals surface area contributed by atoms with E-state index in [1.165, 1.54) is 14.1 Å². The van der Waals surface area contributed by atoms with Gasteiger partial charge in [-0.05, 0) is 36.4 Å². The zero-order valence-electron chi connectivity index (χ0n) is 18.6. The van der Waals surface area contributed by atoms with Gasteiger partial charge in [-0.3, -0.25) is 24.3 Å². The Labute approximate surface area is 199 Å². The summed E-state index contributed by atoms with van der Waals surface area (Å²) in [6.45, 7) is 0. The van der Waals surface area contributed by atoms with E-state index < -0.39 is 23.4 Å². The highest BCUT2D eigenvalue weighted by atomic mass is 16.5. The second-order valence-electron chi connectivity index (χ2n) is 8.17. The fraction of sp³-hybridized carbons (Fsp3) is 0.0769. The lowest BCUT2D eigenvalue weighted by Crippen LogP contribution is -2.53. The zero-order chi connectivity index (χ0) is 24.4. The van der Waals surface area contributed by atoms with Gasteiger partial charge in [-0.25, -0.2) is 4.79 Å². The summed E-state index contributed by atoms with van der Waals surface area (Å²) in [4.78, 5) is 41.5. The quantitative estimate of drug-likeness (QED) is 0.201. The van der Waals surface area contributed by atoms with Crippen LogP contribution in [-0.4, -0.2) is 41.7 Å². The molecule has 0 unspecified atom stereocenters. The van der Waals surface area contributed by atoms with E-state index in [4.69, 9.17) is 9.47 Å². The van der Waals surface area contributed by atoms with Gasteiger partial charge >= 0.3 is 6.03 Å². The predicted molar refractivity (Wildman–Crippen MR) is 125 cm³/mol. The van der Waals surface area contributed by atoms with E-state index in [1.54, 1.807) is 12.1 Å². The first-order valence-electron chi connectivity index (χ1n) is 10.7. The standard InChI is InChI=1S/C26H16N4O5/c1-28-24(31)22(25(32)29(2)26(28)33)15(13-27)14-11-20-23-21(12-14)35-19-10-6-4-8-17(19)30(23)16-7-3-5-9-18(16)34-20/h3-12H,1-2H3. The van der Waals surface area contributed by atoms with Gasteiger partial charge < -0.3 is 9.47 Å². The Hall–Kier alpha value is -5.10. The molecule has 6 rings (SSSR count). The highest BCUT2D eigenvalue weighted by Gasteiger charge is 2.41. The Morgan fingerprint density at radius 3 is 1.74 bits per heavy atom. The molecule has 170 valence electrons. The van der Waals surface area contributed by atoms with Gasteiger partial charge in [0.1, 0.15) is 17.3 Å². The maximum Gasteiger partial charge on any atom is 0.333 e. The Morgan fingerprint density at radius 1 is 0.771 bits per heavy atom. The normalized spacial score (nSPS) is 15.5. The number of allylic oxidation sites excluding steroid dienone is 1. The molecule has 35 heavy (non-hydrogen) atoms. The van der Waals surface area contributed by atoms with Crippen molar-refractivity contribution in [2.24, 2.45) is 0 Å². The highest BCUT2D eigenvalue weighted by molar-refractivity contribution is 6.33. The Kier molecular flexibility index (Phi) is 4.22. The number of carbonyl (C=O) groups is 3. The number of fused-ring (bicyclic) bond motifs is 4. The third-order valence-electron chi connectivity index (χ3n) is 6.18. The lowest BCUT2D eigenvalue weighted by atomic mass is 9.95. The molecule has 1 fully saturated rings. The molecule has 3 aliphatic heterocycles. The molecular weight excluding hydrogens is 448 g/mol. The molecule has 0 radical (unpaired) electrons. The molecule has 0 atom stereocenters. The number of para-hydroxylation sites is 4. The SMILES string of the molecule is CN1C(=O)C(=C(C#N)c2cc3c4c(c2)Oc2ccccc2N4c2ccccc2O3)C(=O)N(C)C1=O. The molecule has 9 heteroatoms. The number of amides is 4. The number of nitriles is 1. The van der Waals surface area contributed by atoms with Crippen LogP contribution in [0.3, 0.4) is 0 Å². The van der Waals surface area contributed by atoms with Crippen LogP contribution in [0.5, 0.6) is 23.0 Å². The van der Waals surface area contributed by atoms with Crippen LogP contribution in [0.15, 0.2) is 66.2 Å². The number of likely N-dealkylation sites (N-methyl/N-ethyl adjacent to an activating group) is 2. The summed E-state index contributed by atoms with van der Waals surface area (Å²) >= 11 is 0. The van der Waals surface area contributed by atoms with Crippen LogP contribution in [-0.2, 0) is 9.59 Å². The van der Waals surface area contributed by atoms with Crippen molar-refractivity contribution in [1.82, 2.24) is 9.80 Å². The van der Waals surface area contributed by atoms with Gasteiger partial charge in [-0.2, -0.15) is 5.26 Å². The van der Waals surface area contributed by atoms with E-state index in [-0.39, 0.29) is 11.1 Å². The zero-order valence-corrected chi connectivity index (χ0v) is 18.6. The van der Waals surface area contributed by atoms with Crippen LogP contribution in [0.4, 0.5) is 21.9 Å². The highest BCUT2D eigenvalue weighted by Crippen LogP contribution is 2.60. The summed E-state index contributed by atoms with van der Waals surface area (Å²) in [7, 11) is 2.52. The second-order valence-corrected chi connectivity index (χ2v) is 8.17. The third kappa shape index (κ3) is 2.77. The van der Waals surface area contributed by atoms with Crippen molar-refractivity contribution >= 4 is 40.5 Å². The van der Waals surface area contributed by atoms with E-state index in [0.717, 1.165) is 21.2 Å². The van der Waals surface area contributed by atoms with E-state index in [2.05, 4.69) is 0 Å². The maximum absolute atomic E-state index is 12.9. The fourth-order valence-corrected chi connectivity index (χ4v) is 4.47. The first kappa shape index (κ1) is 20.5. The fourth-order valence-electron chi connectivity index (χ4n) is 4.47. The van der Waals surface area contributed by atoms with E-state index in [0.29, 0.717) is 28.7 Å². The summed E-state index contributed by atoms with van der Waals surface area (Å²) in [6.07, 6.45) is 0. The molecule has 4 amide bonds. The van der Waals surface area contributed by atoms with Crippen LogP contribution in [0.25, 0.3) is 5.57 Å². The van der Waals surface area contributed by atoms with Gasteiger partial charge in [-0.1, -0.05) is 24.3 Å². The molecule has 3 heterocycles. The summed E-state index contributed by atoms with van der Waals surface area (Å²) in [5.41, 5.74) is 1.97. The summed E-state index contributed by atoms with van der Waals surface area (Å²) in [5.74, 6) is 0.294. The number of rotatable bonds is 1. The number of urea groups is 1. The van der Waals surface area contributed by atoms with Crippen molar-refractivity contribution in [1.29, 1.82) is 5.26 Å². The van der Waals surface area contributed by atoms with Crippen molar-refractivity contribution in [3.63, 3.8) is 0 Å². The Bertz CT molecular complexity index is 1470. The molecular formula is C26H16N4O5. The predicted octanol–water partition coefficient (Wildman–Crippen LogP) is 4.70. The van der Waals surface area contributed by atoms with Gasteiger partial charge in [-0.15, -0.1) is 0 Å². The molecule has 0 bridgehead atoms. The lowest BCUT2D eigenvalue weighted by molar-refractivity contribution is -0.134. The van der Waals surface area contributed by atoms with Crippen LogP contribution in [0, 0.1) is 11.3 Å². The monoisotopic (exact) mass is 464 g/mol. The number of benzene rings is 3. The average Bonchev–Trinajstić information content (AvgIpc) is 2.88. The van der Waals surface area contributed by atoms with Crippen LogP contribution >= 0.6 is 0 Å². The van der Waals surface area contributed by atoms with Gasteiger partial charge in [0.2, 0.25) is 0 Å². The number of nitrogens with zero attached hydrogens (tertiary/aromatic N) is 4. The van der Waals surface area contributed by atoms with Crippen molar-refractivity contribution in [2.45, 2.75) is 0 Å². The first-order chi connectivity index (χ1) is 16.9. The van der Waals surface area contributed by atoms with E-state index in [9.17, 15) is 19.6 Å². The Morgan fingerprint density at radius 2 is 1.26 bits per heavy atom. The van der Waals surface area contributed by atoms with Gasteiger partial charge in [0, 0.05) is 19.7 Å². The first-order valence-corrected chi connectivity index (χ1v) is 10.7. The lowest BCUT2D eigenvalue weighted by Gasteiger charge is -2.38. The number of barbiturate groups is 1. The molecule has 9 nitrogen and oxygen atoms in total. The molecule has 3 aromatic rings. The largest absolute Gasteiger partial charge is 0.453 e. The Balaban J connectivity index is 1.60. The number of carbonyl (C=O) groups excluding carboxylic acids is 3. The molecule has 0 N–H and O–H groups in total. The minimum Gasteiger partial charge on any atom is -0.453 e.